The van der Waals surface area contributed by atoms with Gasteiger partial charge in [0, 0.05) is 12.2 Å². The van der Waals surface area contributed by atoms with Crippen LogP contribution < -0.4 is 0 Å². The number of carbonyl (C=O) groups is 1. The Morgan fingerprint density at radius 1 is 1.29 bits per heavy atom. The van der Waals surface area contributed by atoms with Crippen molar-refractivity contribution in [3.63, 3.8) is 0 Å². The molecule has 0 radical (unpaired) electrons. The molecule has 5 nitrogen and oxygen atoms in total. The molecule has 0 spiro atoms. The average molecular weight is 291 g/mol. The van der Waals surface area contributed by atoms with Crippen molar-refractivity contribution in [1.29, 1.82) is 0 Å². The molecule has 0 aromatic carbocycles. The number of likely N-dealkylation sites (tertiary alicyclic amines) is 1. The number of fused-ring (bicyclic) bond motifs is 1. The van der Waals surface area contributed by atoms with Crippen LogP contribution in [0.2, 0.25) is 0 Å². The number of nitrogens with zero attached hydrogens (tertiary/aromatic N) is 2. The molecule has 1 saturated heterocycles. The smallest absolute Gasteiger partial charge is 0.410 e. The van der Waals surface area contributed by atoms with Crippen LogP contribution in [0.25, 0.3) is 0 Å². The zero-order chi connectivity index (χ0) is 15.0. The van der Waals surface area contributed by atoms with Gasteiger partial charge in [-0.3, -0.25) is 4.90 Å². The molecule has 116 valence electrons. The Morgan fingerprint density at radius 2 is 2.05 bits per heavy atom. The second kappa shape index (κ2) is 5.35. The molecule has 2 aliphatic rings. The van der Waals surface area contributed by atoms with E-state index in [1.165, 1.54) is 24.2 Å². The largest absolute Gasteiger partial charge is 0.444 e. The molecule has 1 aliphatic heterocycles. The van der Waals surface area contributed by atoms with Gasteiger partial charge in [0.15, 0.2) is 0 Å². The topological polar surface area (TPSA) is 58.2 Å². The van der Waals surface area contributed by atoms with E-state index >= 15 is 0 Å². The SMILES string of the molecule is CC(C)(C)OC(=O)N1CCCC1c1nc2c([nH]1)CCCC2. The van der Waals surface area contributed by atoms with Gasteiger partial charge in [-0.15, -0.1) is 0 Å². The third kappa shape index (κ3) is 3.06. The number of H-pyrrole nitrogens is 1. The number of nitrogens with one attached hydrogen (secondary N) is 1. The van der Waals surface area contributed by atoms with E-state index in [2.05, 4.69) is 4.98 Å². The Bertz CT molecular complexity index is 507. The maximum atomic E-state index is 12.3. The Balaban J connectivity index is 1.77. The number of ether oxygens (including phenoxy) is 1. The highest BCUT2D eigenvalue weighted by Gasteiger charge is 2.35. The Hall–Kier alpha value is -1.52. The van der Waals surface area contributed by atoms with Crippen molar-refractivity contribution in [2.24, 2.45) is 0 Å². The van der Waals surface area contributed by atoms with E-state index in [0.29, 0.717) is 0 Å². The van der Waals surface area contributed by atoms with Crippen LogP contribution in [0.1, 0.15) is 69.7 Å². The van der Waals surface area contributed by atoms with E-state index < -0.39 is 5.60 Å². The van der Waals surface area contributed by atoms with Gasteiger partial charge in [-0.1, -0.05) is 0 Å². The number of aromatic amines is 1. The van der Waals surface area contributed by atoms with Gasteiger partial charge in [0.25, 0.3) is 0 Å². The van der Waals surface area contributed by atoms with Crippen LogP contribution in [0.4, 0.5) is 4.79 Å². The molecule has 0 bridgehead atoms. The van der Waals surface area contributed by atoms with Crippen molar-refractivity contribution in [2.45, 2.75) is 70.9 Å². The summed E-state index contributed by atoms with van der Waals surface area (Å²) in [5.74, 6) is 0.949. The fourth-order valence-electron chi connectivity index (χ4n) is 3.22. The Kier molecular flexibility index (Phi) is 3.68. The zero-order valence-electron chi connectivity index (χ0n) is 13.2. The number of aryl methyl sites for hydroxylation is 2. The average Bonchev–Trinajstić information content (AvgIpc) is 3.02. The summed E-state index contributed by atoms with van der Waals surface area (Å²) in [4.78, 5) is 22.4. The van der Waals surface area contributed by atoms with Gasteiger partial charge < -0.3 is 9.72 Å². The standard InChI is InChI=1S/C16H25N3O2/c1-16(2,3)21-15(20)19-10-6-9-13(19)14-17-11-7-4-5-8-12(11)18-14/h13H,4-10H2,1-3H3,(H,17,18). The highest BCUT2D eigenvalue weighted by molar-refractivity contribution is 5.69. The first-order chi connectivity index (χ1) is 9.94. The fraction of sp³-hybridized carbons (Fsp3) is 0.750. The van der Waals surface area contributed by atoms with Gasteiger partial charge in [-0.05, 0) is 59.3 Å². The van der Waals surface area contributed by atoms with Crippen LogP contribution in [-0.4, -0.2) is 33.1 Å². The zero-order valence-corrected chi connectivity index (χ0v) is 13.2. The number of imidazole rings is 1. The molecular weight excluding hydrogens is 266 g/mol. The molecule has 3 rings (SSSR count). The maximum absolute atomic E-state index is 12.3. The lowest BCUT2D eigenvalue weighted by Gasteiger charge is -2.27. The molecule has 21 heavy (non-hydrogen) atoms. The first kappa shape index (κ1) is 14.4. The van der Waals surface area contributed by atoms with Crippen molar-refractivity contribution in [1.82, 2.24) is 14.9 Å². The molecule has 2 heterocycles. The molecule has 1 N–H and O–H groups in total. The Morgan fingerprint density at radius 3 is 2.76 bits per heavy atom. The number of hydrogen-bond acceptors (Lipinski definition) is 3. The number of amides is 1. The molecule has 1 aromatic rings. The van der Waals surface area contributed by atoms with Crippen molar-refractivity contribution in [3.05, 3.63) is 17.2 Å². The lowest BCUT2D eigenvalue weighted by molar-refractivity contribution is 0.0218. The van der Waals surface area contributed by atoms with Gasteiger partial charge >= 0.3 is 6.09 Å². The highest BCUT2D eigenvalue weighted by Crippen LogP contribution is 2.33. The first-order valence-corrected chi connectivity index (χ1v) is 8.01. The van der Waals surface area contributed by atoms with Crippen molar-refractivity contribution in [2.75, 3.05) is 6.54 Å². The molecule has 1 aliphatic carbocycles. The van der Waals surface area contributed by atoms with Crippen LogP contribution in [0, 0.1) is 0 Å². The van der Waals surface area contributed by atoms with Crippen molar-refractivity contribution >= 4 is 6.09 Å². The number of carbonyl (C=O) groups excluding carboxylic acids is 1. The Labute approximate surface area is 126 Å². The van der Waals surface area contributed by atoms with Crippen molar-refractivity contribution < 1.29 is 9.53 Å². The van der Waals surface area contributed by atoms with Crippen LogP contribution in [0.5, 0.6) is 0 Å². The normalized spacial score (nSPS) is 22.2. The van der Waals surface area contributed by atoms with Gasteiger partial charge in [-0.25, -0.2) is 9.78 Å². The summed E-state index contributed by atoms with van der Waals surface area (Å²) in [7, 11) is 0. The van der Waals surface area contributed by atoms with E-state index in [4.69, 9.17) is 9.72 Å². The monoisotopic (exact) mass is 291 g/mol. The van der Waals surface area contributed by atoms with Crippen LogP contribution >= 0.6 is 0 Å². The third-order valence-electron chi connectivity index (χ3n) is 4.17. The van der Waals surface area contributed by atoms with Crippen molar-refractivity contribution in [3.8, 4) is 0 Å². The molecule has 1 amide bonds. The molecule has 1 unspecified atom stereocenters. The summed E-state index contributed by atoms with van der Waals surface area (Å²) in [5.41, 5.74) is 2.02. The van der Waals surface area contributed by atoms with Crippen LogP contribution in [0.3, 0.4) is 0 Å². The molecular formula is C16H25N3O2. The molecule has 1 aromatic heterocycles. The molecule has 0 saturated carbocycles. The summed E-state index contributed by atoms with van der Waals surface area (Å²) in [6, 6.07) is 0.0467. The maximum Gasteiger partial charge on any atom is 0.410 e. The van der Waals surface area contributed by atoms with Gasteiger partial charge in [0.2, 0.25) is 0 Å². The minimum atomic E-state index is -0.452. The molecule has 5 heteroatoms. The molecule has 1 atom stereocenters. The summed E-state index contributed by atoms with van der Waals surface area (Å²) in [5, 5.41) is 0. The minimum Gasteiger partial charge on any atom is -0.444 e. The van der Waals surface area contributed by atoms with E-state index in [9.17, 15) is 4.79 Å². The number of hydrogen-bond donors (Lipinski definition) is 1. The highest BCUT2D eigenvalue weighted by atomic mass is 16.6. The van der Waals surface area contributed by atoms with E-state index in [-0.39, 0.29) is 12.1 Å². The lowest BCUT2D eigenvalue weighted by atomic mass is 10.0. The minimum absolute atomic E-state index is 0.0467. The number of aromatic nitrogens is 2. The fourth-order valence-corrected chi connectivity index (χ4v) is 3.22. The van der Waals surface area contributed by atoms with E-state index in [1.807, 2.05) is 25.7 Å². The van der Waals surface area contributed by atoms with E-state index in [1.54, 1.807) is 0 Å². The second-order valence-electron chi connectivity index (χ2n) is 7.09. The van der Waals surface area contributed by atoms with Crippen LogP contribution in [0.15, 0.2) is 0 Å². The summed E-state index contributed by atoms with van der Waals surface area (Å²) >= 11 is 0. The van der Waals surface area contributed by atoms with Gasteiger partial charge in [0.1, 0.15) is 11.4 Å². The number of rotatable bonds is 1. The predicted octanol–water partition coefficient (Wildman–Crippen LogP) is 3.36. The summed E-state index contributed by atoms with van der Waals surface area (Å²) in [6.45, 7) is 6.47. The lowest BCUT2D eigenvalue weighted by Crippen LogP contribution is -2.36. The summed E-state index contributed by atoms with van der Waals surface area (Å²) < 4.78 is 5.52. The quantitative estimate of drug-likeness (QED) is 0.863. The van der Waals surface area contributed by atoms with Gasteiger partial charge in [-0.2, -0.15) is 0 Å². The third-order valence-corrected chi connectivity index (χ3v) is 4.17. The predicted molar refractivity (Wildman–Crippen MR) is 80.1 cm³/mol. The van der Waals surface area contributed by atoms with Crippen LogP contribution in [-0.2, 0) is 17.6 Å². The molecule has 1 fully saturated rings. The second-order valence-corrected chi connectivity index (χ2v) is 7.09. The summed E-state index contributed by atoms with van der Waals surface area (Å²) in [6.07, 6.45) is 6.35. The van der Waals surface area contributed by atoms with Gasteiger partial charge in [0.05, 0.1) is 11.7 Å². The van der Waals surface area contributed by atoms with E-state index in [0.717, 1.165) is 38.1 Å². The first-order valence-electron chi connectivity index (χ1n) is 8.01.